The summed E-state index contributed by atoms with van der Waals surface area (Å²) < 4.78 is 50.5. The number of rotatable bonds is 8. The van der Waals surface area contributed by atoms with E-state index in [0.29, 0.717) is 13.1 Å². The van der Waals surface area contributed by atoms with Gasteiger partial charge in [0.1, 0.15) is 10.7 Å². The molecular weight excluding hydrogens is 376 g/mol. The largest absolute Gasteiger partial charge is 0.292 e. The summed E-state index contributed by atoms with van der Waals surface area (Å²) in [6.45, 7) is 6.08. The molecule has 8 nitrogen and oxygen atoms in total. The molecule has 1 heterocycles. The van der Waals surface area contributed by atoms with Crippen molar-refractivity contribution in [1.29, 1.82) is 0 Å². The highest BCUT2D eigenvalue weighted by Gasteiger charge is 2.22. The van der Waals surface area contributed by atoms with Crippen LogP contribution in [0.1, 0.15) is 19.4 Å². The first-order valence-corrected chi connectivity index (χ1v) is 10.9. The van der Waals surface area contributed by atoms with E-state index in [1.165, 1.54) is 34.8 Å². The Morgan fingerprint density at radius 3 is 2.00 bits per heavy atom. The van der Waals surface area contributed by atoms with Crippen LogP contribution in [0.5, 0.6) is 0 Å². The maximum absolute atomic E-state index is 12.4. The van der Waals surface area contributed by atoms with Crippen LogP contribution in [0.3, 0.4) is 0 Å². The van der Waals surface area contributed by atoms with Crippen molar-refractivity contribution < 1.29 is 16.8 Å². The molecule has 142 valence electrons. The van der Waals surface area contributed by atoms with E-state index in [-0.39, 0.29) is 15.6 Å². The Bertz CT molecular complexity index is 937. The molecule has 1 aromatic carbocycles. The predicted molar refractivity (Wildman–Crippen MR) is 99.5 cm³/mol. The molecule has 0 saturated heterocycles. The summed E-state index contributed by atoms with van der Waals surface area (Å²) in [7, 11) is -7.37. The number of nitrogens with one attached hydrogen (secondary N) is 2. The minimum absolute atomic E-state index is 0.0492. The molecule has 2 N–H and O–H groups in total. The van der Waals surface area contributed by atoms with E-state index in [9.17, 15) is 16.8 Å². The van der Waals surface area contributed by atoms with Gasteiger partial charge in [0.25, 0.3) is 10.0 Å². The Morgan fingerprint density at radius 1 is 0.923 bits per heavy atom. The number of aromatic nitrogens is 1. The molecule has 0 aliphatic heterocycles. The fourth-order valence-electron chi connectivity index (χ4n) is 2.22. The molecule has 0 bridgehead atoms. The number of pyridine rings is 1. The number of hydrogen-bond donors (Lipinski definition) is 2. The van der Waals surface area contributed by atoms with Gasteiger partial charge < -0.3 is 0 Å². The van der Waals surface area contributed by atoms with Gasteiger partial charge in [-0.15, -0.1) is 4.83 Å². The Hall–Kier alpha value is -2.01. The highest BCUT2D eigenvalue weighted by Crippen LogP contribution is 2.16. The molecule has 26 heavy (non-hydrogen) atoms. The van der Waals surface area contributed by atoms with Crippen LogP contribution in [0.25, 0.3) is 0 Å². The van der Waals surface area contributed by atoms with Crippen LogP contribution in [0.2, 0.25) is 0 Å². The summed E-state index contributed by atoms with van der Waals surface area (Å²) >= 11 is 0. The maximum atomic E-state index is 12.4. The van der Waals surface area contributed by atoms with Crippen molar-refractivity contribution in [2.75, 3.05) is 18.5 Å². The molecule has 2 aromatic rings. The molecule has 0 aliphatic carbocycles. The van der Waals surface area contributed by atoms with E-state index in [2.05, 4.69) is 15.2 Å². The molecule has 0 aliphatic rings. The Kier molecular flexibility index (Phi) is 6.34. The first-order valence-electron chi connectivity index (χ1n) is 8.01. The van der Waals surface area contributed by atoms with Gasteiger partial charge in [-0.1, -0.05) is 31.5 Å². The fraction of sp³-hybridized carbons (Fsp3) is 0.312. The topological polar surface area (TPSA) is 108 Å². The van der Waals surface area contributed by atoms with Crippen LogP contribution in [0, 0.1) is 6.92 Å². The molecule has 0 amide bonds. The number of sulfonamides is 2. The zero-order valence-corrected chi connectivity index (χ0v) is 16.4. The van der Waals surface area contributed by atoms with E-state index >= 15 is 0 Å². The molecule has 1 aromatic heterocycles. The summed E-state index contributed by atoms with van der Waals surface area (Å²) in [5, 5.41) is 0. The van der Waals surface area contributed by atoms with Crippen molar-refractivity contribution in [3.63, 3.8) is 0 Å². The maximum Gasteiger partial charge on any atom is 0.257 e. The molecule has 0 fully saturated rings. The van der Waals surface area contributed by atoms with Gasteiger partial charge >= 0.3 is 0 Å². The second-order valence-corrected chi connectivity index (χ2v) is 9.13. The Balaban J connectivity index is 2.11. The minimum Gasteiger partial charge on any atom is -0.292 e. The highest BCUT2D eigenvalue weighted by molar-refractivity contribution is 7.89. The number of hydrazine groups is 1. The lowest BCUT2D eigenvalue weighted by atomic mass is 10.2. The van der Waals surface area contributed by atoms with Gasteiger partial charge in [0.05, 0.1) is 4.90 Å². The summed E-state index contributed by atoms with van der Waals surface area (Å²) in [4.78, 5) is 6.33. The molecule has 0 unspecified atom stereocenters. The Morgan fingerprint density at radius 2 is 1.50 bits per heavy atom. The smallest absolute Gasteiger partial charge is 0.257 e. The second-order valence-electron chi connectivity index (χ2n) is 5.51. The second kappa shape index (κ2) is 8.12. The summed E-state index contributed by atoms with van der Waals surface area (Å²) in [5.74, 6) is 0.180. The number of aryl methyl sites for hydroxylation is 1. The van der Waals surface area contributed by atoms with Crippen molar-refractivity contribution >= 4 is 25.9 Å². The third-order valence-corrected chi connectivity index (χ3v) is 7.02. The highest BCUT2D eigenvalue weighted by atomic mass is 32.2. The molecule has 0 spiro atoms. The van der Waals surface area contributed by atoms with Gasteiger partial charge in [-0.05, 0) is 31.2 Å². The first-order chi connectivity index (χ1) is 12.2. The Labute approximate surface area is 154 Å². The molecule has 0 saturated carbocycles. The van der Waals surface area contributed by atoms with Crippen LogP contribution < -0.4 is 10.3 Å². The van der Waals surface area contributed by atoms with Gasteiger partial charge in [-0.3, -0.25) is 5.43 Å². The number of nitrogens with zero attached hydrogens (tertiary/aromatic N) is 2. The van der Waals surface area contributed by atoms with Gasteiger partial charge in [0.2, 0.25) is 10.0 Å². The lowest BCUT2D eigenvalue weighted by molar-refractivity contribution is 0.445. The summed E-state index contributed by atoms with van der Waals surface area (Å²) in [6.07, 6.45) is 1.19. The van der Waals surface area contributed by atoms with Gasteiger partial charge in [0, 0.05) is 19.3 Å². The molecular formula is C16H22N4O4S2. The summed E-state index contributed by atoms with van der Waals surface area (Å²) in [5.41, 5.74) is 3.42. The molecule has 0 atom stereocenters. The van der Waals surface area contributed by atoms with E-state index in [0.717, 1.165) is 5.56 Å². The van der Waals surface area contributed by atoms with Crippen molar-refractivity contribution in [2.24, 2.45) is 0 Å². The van der Waals surface area contributed by atoms with Crippen LogP contribution in [0.4, 0.5) is 5.82 Å². The molecule has 10 heteroatoms. The van der Waals surface area contributed by atoms with Gasteiger partial charge in [-0.2, -0.15) is 4.31 Å². The molecule has 2 rings (SSSR count). The van der Waals surface area contributed by atoms with Crippen LogP contribution in [-0.4, -0.2) is 39.2 Å². The predicted octanol–water partition coefficient (Wildman–Crippen LogP) is 1.73. The summed E-state index contributed by atoms with van der Waals surface area (Å²) in [6, 6.07) is 9.15. The fourth-order valence-corrected chi connectivity index (χ4v) is 4.47. The van der Waals surface area contributed by atoms with Gasteiger partial charge in [0.15, 0.2) is 0 Å². The lowest BCUT2D eigenvalue weighted by Crippen LogP contribution is -2.31. The monoisotopic (exact) mass is 398 g/mol. The third kappa shape index (κ3) is 4.58. The van der Waals surface area contributed by atoms with E-state index in [4.69, 9.17) is 0 Å². The van der Waals surface area contributed by atoms with Crippen molar-refractivity contribution in [1.82, 2.24) is 14.1 Å². The van der Waals surface area contributed by atoms with Crippen molar-refractivity contribution in [3.05, 3.63) is 48.2 Å². The number of benzene rings is 1. The molecule has 0 radical (unpaired) electrons. The number of anilines is 1. The average molecular weight is 399 g/mol. The quantitative estimate of drug-likeness (QED) is 0.656. The van der Waals surface area contributed by atoms with Crippen LogP contribution in [-0.2, 0) is 20.0 Å². The van der Waals surface area contributed by atoms with Gasteiger partial charge in [-0.25, -0.2) is 21.8 Å². The normalized spacial score (nSPS) is 12.3. The minimum atomic E-state index is -3.76. The number of hydrogen-bond acceptors (Lipinski definition) is 6. The first kappa shape index (κ1) is 20.3. The zero-order chi connectivity index (χ0) is 19.4. The van der Waals surface area contributed by atoms with Crippen molar-refractivity contribution in [3.8, 4) is 0 Å². The van der Waals surface area contributed by atoms with E-state index in [1.807, 2.05) is 6.92 Å². The lowest BCUT2D eigenvalue weighted by Gasteiger charge is -2.18. The third-order valence-electron chi connectivity index (χ3n) is 3.72. The van der Waals surface area contributed by atoms with Crippen LogP contribution >= 0.6 is 0 Å². The average Bonchev–Trinajstić information content (AvgIpc) is 2.61. The van der Waals surface area contributed by atoms with Crippen molar-refractivity contribution in [2.45, 2.75) is 30.6 Å². The standard InChI is InChI=1S/C16H22N4O4S2/c1-4-20(5-2)26(23,24)15-10-11-16(17-12-15)18-19-25(21,22)14-8-6-13(3)7-9-14/h6-12,19H,4-5H2,1-3H3,(H,17,18). The van der Waals surface area contributed by atoms with E-state index < -0.39 is 20.0 Å². The zero-order valence-electron chi connectivity index (χ0n) is 14.8. The van der Waals surface area contributed by atoms with Crippen LogP contribution in [0.15, 0.2) is 52.4 Å². The van der Waals surface area contributed by atoms with E-state index in [1.54, 1.807) is 26.0 Å². The SMILES string of the molecule is CCN(CC)S(=O)(=O)c1ccc(NNS(=O)(=O)c2ccc(C)cc2)nc1.